The van der Waals surface area contributed by atoms with Crippen molar-refractivity contribution in [1.82, 2.24) is 45.1 Å². The minimum Gasteiger partial charge on any atom is -0.507 e. The topological polar surface area (TPSA) is 189 Å². The van der Waals surface area contributed by atoms with Gasteiger partial charge in [0.05, 0.1) is 45.8 Å². The Morgan fingerprint density at radius 1 is 0.937 bits per heavy atom. The van der Waals surface area contributed by atoms with Crippen molar-refractivity contribution in [3.63, 3.8) is 0 Å². The number of carbonyl (C=O) groups excluding carboxylic acids is 2. The Labute approximate surface area is 367 Å². The number of fused-ring (bicyclic) bond motifs is 1. The summed E-state index contributed by atoms with van der Waals surface area (Å²) in [7, 11) is 0. The number of phenols is 1. The molecule has 3 aliphatic rings. The fourth-order valence-corrected chi connectivity index (χ4v) is 9.99. The Morgan fingerprint density at radius 3 is 2.49 bits per heavy atom. The molecule has 0 spiro atoms. The molecule has 7 aromatic rings. The van der Waals surface area contributed by atoms with E-state index in [4.69, 9.17) is 14.5 Å². The first kappa shape index (κ1) is 40.5. The Bertz CT molecular complexity index is 2800. The number of thiazole rings is 1. The Morgan fingerprint density at radius 2 is 1.76 bits per heavy atom. The van der Waals surface area contributed by atoms with Gasteiger partial charge in [-0.25, -0.2) is 15.0 Å². The van der Waals surface area contributed by atoms with Crippen molar-refractivity contribution in [3.05, 3.63) is 107 Å². The molecule has 1 saturated carbocycles. The molecule has 322 valence electrons. The lowest BCUT2D eigenvalue weighted by molar-refractivity contribution is -0.141. The lowest BCUT2D eigenvalue weighted by Gasteiger charge is -2.28. The third kappa shape index (κ3) is 7.93. The summed E-state index contributed by atoms with van der Waals surface area (Å²) in [5, 5.41) is 37.5. The van der Waals surface area contributed by atoms with Gasteiger partial charge >= 0.3 is 0 Å². The van der Waals surface area contributed by atoms with Gasteiger partial charge in [-0.1, -0.05) is 55.4 Å². The van der Waals surface area contributed by atoms with Crippen molar-refractivity contribution < 1.29 is 24.3 Å². The normalized spacial score (nSPS) is 19.3. The number of hydrogen-bond acceptors (Lipinski definition) is 13. The lowest BCUT2D eigenvalue weighted by Crippen LogP contribution is -2.48. The fraction of sp³-hybridized carbons (Fsp3) is 0.362. The van der Waals surface area contributed by atoms with Crippen LogP contribution in [0.15, 0.2) is 89.2 Å². The molecule has 16 heteroatoms. The van der Waals surface area contributed by atoms with E-state index in [-0.39, 0.29) is 48.9 Å². The van der Waals surface area contributed by atoms with Gasteiger partial charge < -0.3 is 34.4 Å². The number of benzene rings is 2. The molecule has 7 heterocycles. The van der Waals surface area contributed by atoms with Crippen molar-refractivity contribution in [2.24, 2.45) is 5.92 Å². The maximum atomic E-state index is 14.3. The van der Waals surface area contributed by atoms with Gasteiger partial charge in [-0.05, 0) is 67.5 Å². The highest BCUT2D eigenvalue weighted by molar-refractivity contribution is 7.13. The number of nitrogens with zero attached hydrogens (tertiary/aromatic N) is 9. The molecule has 15 nitrogen and oxygen atoms in total. The molecule has 2 aliphatic heterocycles. The minimum atomic E-state index is -0.827. The second-order valence-corrected chi connectivity index (χ2v) is 18.1. The summed E-state index contributed by atoms with van der Waals surface area (Å²) < 4.78 is 8.25. The standard InChI is InChI=1S/C47H48N10O5S/c1-26(2)44(47(61)56-24-32(58)16-40(56)46(60)50-20-28-8-10-29(11-9-28)45-27(3)51-25-63-45)42-19-35(54-62-42)37-21-49-43(22-48-37)55-15-14-30(23-55)38-18-36-39(57(38)31-12-13-31)17-34(52-53-36)33-6-4-5-7-41(33)59/h4-11,17-19,21-22,25-26,30-32,40,44,58-59H,12-16,20,23-24H2,1-3H3,(H,50,60)/t30-,32+,40-,44+/m0/s1. The molecule has 63 heavy (non-hydrogen) atoms. The Hall–Kier alpha value is -6.52. The number of hydrogen-bond donors (Lipinski definition) is 3. The molecule has 1 aliphatic carbocycles. The highest BCUT2D eigenvalue weighted by Gasteiger charge is 2.43. The highest BCUT2D eigenvalue weighted by Crippen LogP contribution is 2.44. The van der Waals surface area contributed by atoms with Crippen molar-refractivity contribution >= 4 is 40.0 Å². The second-order valence-electron chi connectivity index (χ2n) is 17.3. The van der Waals surface area contributed by atoms with E-state index >= 15 is 0 Å². The van der Waals surface area contributed by atoms with E-state index in [2.05, 4.69) is 41.2 Å². The fourth-order valence-electron chi connectivity index (χ4n) is 9.18. The van der Waals surface area contributed by atoms with E-state index in [1.807, 2.05) is 68.7 Å². The van der Waals surface area contributed by atoms with Gasteiger partial charge in [-0.15, -0.1) is 21.5 Å². The van der Waals surface area contributed by atoms with E-state index in [0.29, 0.717) is 34.4 Å². The number of aromatic nitrogens is 7. The van der Waals surface area contributed by atoms with Crippen LogP contribution >= 0.6 is 11.3 Å². The van der Waals surface area contributed by atoms with Gasteiger partial charge in [0.2, 0.25) is 11.8 Å². The number of anilines is 1. The van der Waals surface area contributed by atoms with Gasteiger partial charge in [0, 0.05) is 61.9 Å². The molecule has 2 amide bonds. The molecule has 0 unspecified atom stereocenters. The van der Waals surface area contributed by atoms with Crippen molar-refractivity contribution in [3.8, 4) is 38.8 Å². The molecule has 10 rings (SSSR count). The van der Waals surface area contributed by atoms with Gasteiger partial charge in [0.15, 0.2) is 0 Å². The number of aliphatic hydroxyl groups excluding tert-OH is 1. The van der Waals surface area contributed by atoms with E-state index in [9.17, 15) is 19.8 Å². The molecule has 4 atom stereocenters. The zero-order chi connectivity index (χ0) is 43.4. The first-order valence-corrected chi connectivity index (χ1v) is 22.4. The molecular formula is C47H48N10O5S. The van der Waals surface area contributed by atoms with Crippen molar-refractivity contribution in [1.29, 1.82) is 0 Å². The van der Waals surface area contributed by atoms with Crippen LogP contribution in [0.5, 0.6) is 5.75 Å². The van der Waals surface area contributed by atoms with Crippen molar-refractivity contribution in [2.45, 2.75) is 83.0 Å². The molecule has 0 bridgehead atoms. The van der Waals surface area contributed by atoms with E-state index in [1.54, 1.807) is 41.9 Å². The van der Waals surface area contributed by atoms with Crippen LogP contribution in [0.3, 0.4) is 0 Å². The number of carbonyl (C=O) groups is 2. The van der Waals surface area contributed by atoms with Gasteiger partial charge in [-0.2, -0.15) is 0 Å². The summed E-state index contributed by atoms with van der Waals surface area (Å²) in [6.07, 6.45) is 5.94. The zero-order valence-electron chi connectivity index (χ0n) is 35.3. The number of rotatable bonds is 12. The van der Waals surface area contributed by atoms with Crippen LogP contribution in [0, 0.1) is 12.8 Å². The first-order valence-electron chi connectivity index (χ1n) is 21.6. The van der Waals surface area contributed by atoms with Crippen LogP contribution in [0.2, 0.25) is 0 Å². The summed E-state index contributed by atoms with van der Waals surface area (Å²) in [5.41, 5.74) is 10.2. The van der Waals surface area contributed by atoms with E-state index < -0.39 is 18.1 Å². The molecule has 3 fully saturated rings. The van der Waals surface area contributed by atoms with Crippen LogP contribution in [0.1, 0.15) is 80.1 Å². The first-order chi connectivity index (χ1) is 30.6. The largest absolute Gasteiger partial charge is 0.507 e. The quantitative estimate of drug-likeness (QED) is 0.114. The number of phenolic OH excluding ortho intramolecular Hbond substituents is 1. The predicted molar refractivity (Wildman–Crippen MR) is 238 cm³/mol. The maximum Gasteiger partial charge on any atom is 0.243 e. The van der Waals surface area contributed by atoms with Gasteiger partial charge in [-0.3, -0.25) is 9.59 Å². The predicted octanol–water partition coefficient (Wildman–Crippen LogP) is 7.03. The number of amides is 2. The van der Waals surface area contributed by atoms with Crippen molar-refractivity contribution in [2.75, 3.05) is 24.5 Å². The molecule has 3 N–H and O–H groups in total. The summed E-state index contributed by atoms with van der Waals surface area (Å²) in [4.78, 5) is 46.5. The second kappa shape index (κ2) is 16.6. The third-order valence-electron chi connectivity index (χ3n) is 12.6. The number of β-amino-alcohol motifs (C(OH)–C–C–N with tert-alkyl or cyclic N) is 1. The summed E-state index contributed by atoms with van der Waals surface area (Å²) in [6.45, 7) is 7.75. The van der Waals surface area contributed by atoms with Crippen LogP contribution < -0.4 is 10.2 Å². The molecule has 2 aromatic carbocycles. The Balaban J connectivity index is 0.801. The number of aromatic hydroxyl groups is 1. The lowest BCUT2D eigenvalue weighted by atomic mass is 9.91. The zero-order valence-corrected chi connectivity index (χ0v) is 36.1. The summed E-state index contributed by atoms with van der Waals surface area (Å²) >= 11 is 1.59. The number of aryl methyl sites for hydroxylation is 1. The highest BCUT2D eigenvalue weighted by atomic mass is 32.1. The average molecular weight is 865 g/mol. The van der Waals surface area contributed by atoms with Gasteiger partial charge in [0.25, 0.3) is 0 Å². The minimum absolute atomic E-state index is 0.0475. The number of nitrogens with one attached hydrogen (secondary N) is 1. The van der Waals surface area contributed by atoms with Gasteiger partial charge in [0.1, 0.15) is 46.2 Å². The summed E-state index contributed by atoms with van der Waals surface area (Å²) in [5.74, 6) is 0.0107. The monoisotopic (exact) mass is 864 g/mol. The summed E-state index contributed by atoms with van der Waals surface area (Å²) in [6, 6.07) is 20.7. The number of para-hydroxylation sites is 1. The van der Waals surface area contributed by atoms with Crippen LogP contribution in [0.25, 0.3) is 44.1 Å². The molecule has 2 saturated heterocycles. The van der Waals surface area contributed by atoms with Crippen LogP contribution in [-0.4, -0.2) is 93.6 Å². The number of aliphatic hydroxyl groups is 1. The SMILES string of the molecule is Cc1ncsc1-c1ccc(CNC(=O)[C@@H]2C[C@@H](O)CN2C(=O)[C@@H](c2cc(-c3cnc(N4CC[C@H](c5cc6nnc(-c7ccccc7O)cc6n5C5CC5)C4)cn3)no2)C(C)C)cc1. The van der Waals surface area contributed by atoms with E-state index in [1.165, 1.54) is 10.6 Å². The van der Waals surface area contributed by atoms with Crippen LogP contribution in [-0.2, 0) is 16.1 Å². The Kier molecular flexibility index (Phi) is 10.7. The smallest absolute Gasteiger partial charge is 0.243 e. The van der Waals surface area contributed by atoms with Crippen LogP contribution in [0.4, 0.5) is 5.82 Å². The molecule has 5 aromatic heterocycles. The number of likely N-dealkylation sites (tertiary alicyclic amines) is 1. The average Bonchev–Trinajstić information content (AvgIpc) is 3.80. The van der Waals surface area contributed by atoms with E-state index in [0.717, 1.165) is 70.9 Å². The third-order valence-corrected chi connectivity index (χ3v) is 13.6. The maximum absolute atomic E-state index is 14.3. The molecular weight excluding hydrogens is 817 g/mol. The molecule has 0 radical (unpaired) electrons.